The maximum absolute atomic E-state index is 12.0. The molecule has 0 aromatic heterocycles. The maximum atomic E-state index is 12.0. The zero-order valence-corrected chi connectivity index (χ0v) is 12.5. The van der Waals surface area contributed by atoms with E-state index in [0.29, 0.717) is 12.3 Å². The molecule has 0 aromatic rings. The van der Waals surface area contributed by atoms with Crippen molar-refractivity contribution in [3.05, 3.63) is 0 Å². The van der Waals surface area contributed by atoms with Crippen LogP contribution in [-0.4, -0.2) is 60.5 Å². The Balaban J connectivity index is 2.25. The van der Waals surface area contributed by atoms with Gasteiger partial charge in [0.1, 0.15) is 0 Å². The zero-order valence-electron chi connectivity index (χ0n) is 12.5. The molecule has 1 N–H and O–H groups in total. The monoisotopic (exact) mass is 255 g/mol. The Morgan fingerprint density at radius 1 is 1.28 bits per heavy atom. The van der Waals surface area contributed by atoms with Gasteiger partial charge >= 0.3 is 0 Å². The lowest BCUT2D eigenvalue weighted by atomic mass is 10.1. The molecule has 1 fully saturated rings. The van der Waals surface area contributed by atoms with Gasteiger partial charge in [0.05, 0.1) is 0 Å². The first-order valence-corrected chi connectivity index (χ1v) is 7.18. The first-order chi connectivity index (χ1) is 8.45. The van der Waals surface area contributed by atoms with Gasteiger partial charge in [-0.05, 0) is 40.3 Å². The van der Waals surface area contributed by atoms with Crippen molar-refractivity contribution in [3.63, 3.8) is 0 Å². The Labute approximate surface area is 112 Å². The Hall–Kier alpha value is -0.610. The highest BCUT2D eigenvalue weighted by molar-refractivity contribution is 5.76. The first-order valence-electron chi connectivity index (χ1n) is 7.18. The number of hydrogen-bond acceptors (Lipinski definition) is 3. The molecular formula is C14H29N3O. The summed E-state index contributed by atoms with van der Waals surface area (Å²) in [6.45, 7) is 14.6. The molecule has 1 rings (SSSR count). The number of carbonyl (C=O) groups excluding carboxylic acids is 1. The van der Waals surface area contributed by atoms with Gasteiger partial charge in [-0.25, -0.2) is 0 Å². The summed E-state index contributed by atoms with van der Waals surface area (Å²) in [4.78, 5) is 16.4. The molecule has 4 heteroatoms. The molecule has 0 aliphatic carbocycles. The van der Waals surface area contributed by atoms with E-state index in [9.17, 15) is 4.79 Å². The number of rotatable bonds is 5. The molecule has 0 spiro atoms. The van der Waals surface area contributed by atoms with Gasteiger partial charge < -0.3 is 10.2 Å². The van der Waals surface area contributed by atoms with Crippen LogP contribution in [0.5, 0.6) is 0 Å². The van der Waals surface area contributed by atoms with Crippen molar-refractivity contribution in [2.75, 3.05) is 39.3 Å². The molecule has 1 saturated heterocycles. The topological polar surface area (TPSA) is 35.6 Å². The Morgan fingerprint density at radius 2 is 1.89 bits per heavy atom. The van der Waals surface area contributed by atoms with E-state index >= 15 is 0 Å². The molecule has 1 heterocycles. The van der Waals surface area contributed by atoms with Crippen LogP contribution in [0.4, 0.5) is 0 Å². The Bertz CT molecular complexity index is 254. The van der Waals surface area contributed by atoms with Crippen molar-refractivity contribution < 1.29 is 4.79 Å². The van der Waals surface area contributed by atoms with Crippen LogP contribution in [0.3, 0.4) is 0 Å². The van der Waals surface area contributed by atoms with Crippen molar-refractivity contribution in [1.29, 1.82) is 0 Å². The van der Waals surface area contributed by atoms with Gasteiger partial charge in [0, 0.05) is 38.1 Å². The second-order valence-electron chi connectivity index (χ2n) is 5.98. The third-order valence-corrected chi connectivity index (χ3v) is 3.62. The number of amides is 1. The molecule has 0 unspecified atom stereocenters. The molecule has 106 valence electrons. The highest BCUT2D eigenvalue weighted by Gasteiger charge is 2.20. The van der Waals surface area contributed by atoms with Gasteiger partial charge in [-0.1, -0.05) is 6.92 Å². The predicted octanol–water partition coefficient (Wildman–Crippen LogP) is 1.32. The molecule has 1 aliphatic heterocycles. The summed E-state index contributed by atoms with van der Waals surface area (Å²) in [7, 11) is 0. The van der Waals surface area contributed by atoms with Crippen LogP contribution in [0, 0.1) is 0 Å². The molecule has 4 nitrogen and oxygen atoms in total. The summed E-state index contributed by atoms with van der Waals surface area (Å²) in [5.74, 6) is 0.321. The molecular weight excluding hydrogens is 226 g/mol. The predicted molar refractivity (Wildman–Crippen MR) is 75.7 cm³/mol. The summed E-state index contributed by atoms with van der Waals surface area (Å²) < 4.78 is 0. The van der Waals surface area contributed by atoms with Gasteiger partial charge in [-0.3, -0.25) is 9.69 Å². The normalized spacial score (nSPS) is 17.3. The van der Waals surface area contributed by atoms with Crippen LogP contribution < -0.4 is 5.32 Å². The van der Waals surface area contributed by atoms with Crippen LogP contribution in [0.15, 0.2) is 0 Å². The number of piperazine rings is 1. The zero-order chi connectivity index (χ0) is 13.6. The molecule has 0 radical (unpaired) electrons. The molecule has 0 bridgehead atoms. The minimum Gasteiger partial charge on any atom is -0.340 e. The van der Waals surface area contributed by atoms with Crippen molar-refractivity contribution in [2.45, 2.75) is 46.1 Å². The highest BCUT2D eigenvalue weighted by atomic mass is 16.2. The lowest BCUT2D eigenvalue weighted by Crippen LogP contribution is -2.46. The van der Waals surface area contributed by atoms with Gasteiger partial charge in [0.2, 0.25) is 5.91 Å². The van der Waals surface area contributed by atoms with Crippen LogP contribution in [0.25, 0.3) is 0 Å². The van der Waals surface area contributed by atoms with E-state index in [0.717, 1.165) is 45.7 Å². The minimum absolute atomic E-state index is 0.201. The van der Waals surface area contributed by atoms with Crippen LogP contribution in [0.1, 0.15) is 40.5 Å². The second-order valence-corrected chi connectivity index (χ2v) is 5.98. The summed E-state index contributed by atoms with van der Waals surface area (Å²) in [5.41, 5.74) is 0.201. The first kappa shape index (κ1) is 15.4. The second kappa shape index (κ2) is 7.10. The van der Waals surface area contributed by atoms with Gasteiger partial charge in [0.25, 0.3) is 0 Å². The largest absolute Gasteiger partial charge is 0.340 e. The van der Waals surface area contributed by atoms with Gasteiger partial charge in [-0.15, -0.1) is 0 Å². The molecule has 0 atom stereocenters. The summed E-state index contributed by atoms with van der Waals surface area (Å²) in [6, 6.07) is 0. The van der Waals surface area contributed by atoms with E-state index in [1.54, 1.807) is 0 Å². The fourth-order valence-corrected chi connectivity index (χ4v) is 2.46. The van der Waals surface area contributed by atoms with Crippen molar-refractivity contribution in [3.8, 4) is 0 Å². The quantitative estimate of drug-likeness (QED) is 0.805. The minimum atomic E-state index is 0.201. The average Bonchev–Trinajstić information content (AvgIpc) is 2.34. The summed E-state index contributed by atoms with van der Waals surface area (Å²) >= 11 is 0. The number of hydrogen-bond donors (Lipinski definition) is 1. The van der Waals surface area contributed by atoms with Crippen LogP contribution in [0.2, 0.25) is 0 Å². The van der Waals surface area contributed by atoms with E-state index < -0.39 is 0 Å². The highest BCUT2D eigenvalue weighted by Crippen LogP contribution is 2.13. The van der Waals surface area contributed by atoms with E-state index in [4.69, 9.17) is 0 Å². The third kappa shape index (κ3) is 4.94. The van der Waals surface area contributed by atoms with Gasteiger partial charge in [-0.2, -0.15) is 0 Å². The van der Waals surface area contributed by atoms with E-state index in [-0.39, 0.29) is 5.54 Å². The maximum Gasteiger partial charge on any atom is 0.222 e. The summed E-state index contributed by atoms with van der Waals surface area (Å²) in [6.07, 6.45) is 1.65. The molecule has 1 amide bonds. The molecule has 0 saturated carbocycles. The van der Waals surface area contributed by atoms with E-state index in [2.05, 4.69) is 37.9 Å². The van der Waals surface area contributed by atoms with Gasteiger partial charge in [0.15, 0.2) is 0 Å². The number of nitrogens with zero attached hydrogens (tertiary/aromatic N) is 2. The third-order valence-electron chi connectivity index (χ3n) is 3.62. The number of carbonyl (C=O) groups is 1. The standard InChI is InChI=1S/C14H29N3O/c1-5-17(14(2,3)4)10-6-7-13(18)16-11-8-15-9-12-16/h15H,5-12H2,1-4H3. The fourth-order valence-electron chi connectivity index (χ4n) is 2.46. The van der Waals surface area contributed by atoms with E-state index in [1.165, 1.54) is 0 Å². The molecule has 0 aromatic carbocycles. The lowest BCUT2D eigenvalue weighted by Gasteiger charge is -2.35. The lowest BCUT2D eigenvalue weighted by molar-refractivity contribution is -0.132. The van der Waals surface area contributed by atoms with E-state index in [1.807, 2.05) is 4.90 Å². The van der Waals surface area contributed by atoms with Crippen molar-refractivity contribution in [1.82, 2.24) is 15.1 Å². The SMILES string of the molecule is CCN(CCCC(=O)N1CCNCC1)C(C)(C)C. The average molecular weight is 255 g/mol. The van der Waals surface area contributed by atoms with Crippen molar-refractivity contribution in [2.24, 2.45) is 0 Å². The number of nitrogens with one attached hydrogen (secondary N) is 1. The molecule has 18 heavy (non-hydrogen) atoms. The van der Waals surface area contributed by atoms with Crippen LogP contribution >= 0.6 is 0 Å². The van der Waals surface area contributed by atoms with Crippen molar-refractivity contribution >= 4 is 5.91 Å². The summed E-state index contributed by atoms with van der Waals surface area (Å²) in [5, 5.41) is 3.27. The molecule has 1 aliphatic rings. The Kier molecular flexibility index (Phi) is 6.09. The van der Waals surface area contributed by atoms with Crippen LogP contribution in [-0.2, 0) is 4.79 Å². The Morgan fingerprint density at radius 3 is 2.39 bits per heavy atom. The fraction of sp³-hybridized carbons (Fsp3) is 0.929. The smallest absolute Gasteiger partial charge is 0.222 e.